The van der Waals surface area contributed by atoms with Crippen LogP contribution in [-0.2, 0) is 11.8 Å². The van der Waals surface area contributed by atoms with Gasteiger partial charge in [-0.1, -0.05) is 0 Å². The maximum absolute atomic E-state index is 12.7. The second-order valence-electron chi connectivity index (χ2n) is 8.08. The van der Waals surface area contributed by atoms with Gasteiger partial charge in [0.05, 0.1) is 30.0 Å². The van der Waals surface area contributed by atoms with Gasteiger partial charge in [-0.2, -0.15) is 0 Å². The molecule has 2 amide bonds. The number of morpholine rings is 1. The Balaban J connectivity index is 1.58. The van der Waals surface area contributed by atoms with Crippen LogP contribution < -0.4 is 10.6 Å². The average Bonchev–Trinajstić information content (AvgIpc) is 3.36. The number of nitrogens with zero attached hydrogens (tertiary/aromatic N) is 4. The molecule has 32 heavy (non-hydrogen) atoms. The van der Waals surface area contributed by atoms with Gasteiger partial charge in [0, 0.05) is 45.0 Å². The molecular formula is C21H30N6O5. The lowest BCUT2D eigenvalue weighted by Crippen LogP contribution is -2.38. The quantitative estimate of drug-likeness (QED) is 0.345. The molecule has 1 fully saturated rings. The van der Waals surface area contributed by atoms with E-state index in [0.29, 0.717) is 17.9 Å². The van der Waals surface area contributed by atoms with Crippen LogP contribution in [0.3, 0.4) is 0 Å². The Morgan fingerprint density at radius 1 is 1.16 bits per heavy atom. The summed E-state index contributed by atoms with van der Waals surface area (Å²) in [7, 11) is 1.72. The maximum atomic E-state index is 12.7. The molecular weight excluding hydrogens is 416 g/mol. The van der Waals surface area contributed by atoms with Crippen LogP contribution in [0.1, 0.15) is 47.3 Å². The largest absolute Gasteiger partial charge is 0.379 e. The number of rotatable bonds is 9. The molecule has 0 bridgehead atoms. The maximum Gasteiger partial charge on any atom is 0.287 e. The predicted octanol–water partition coefficient (Wildman–Crippen LogP) is 2.02. The van der Waals surface area contributed by atoms with Crippen LogP contribution in [0, 0.1) is 10.1 Å². The number of hydrogen-bond acceptors (Lipinski definition) is 6. The van der Waals surface area contributed by atoms with E-state index in [1.54, 1.807) is 28.4 Å². The molecule has 3 rings (SSSR count). The van der Waals surface area contributed by atoms with Gasteiger partial charge >= 0.3 is 0 Å². The van der Waals surface area contributed by atoms with Gasteiger partial charge in [0.1, 0.15) is 11.4 Å². The van der Waals surface area contributed by atoms with Gasteiger partial charge in [0.2, 0.25) is 0 Å². The fourth-order valence-corrected chi connectivity index (χ4v) is 3.65. The Morgan fingerprint density at radius 3 is 2.53 bits per heavy atom. The number of carbonyl (C=O) groups is 2. The topological polar surface area (TPSA) is 124 Å². The van der Waals surface area contributed by atoms with Crippen molar-refractivity contribution in [3.8, 4) is 0 Å². The van der Waals surface area contributed by atoms with Crippen molar-refractivity contribution in [1.82, 2.24) is 19.4 Å². The van der Waals surface area contributed by atoms with Crippen molar-refractivity contribution in [3.63, 3.8) is 0 Å². The fourth-order valence-electron chi connectivity index (χ4n) is 3.65. The van der Waals surface area contributed by atoms with E-state index in [0.717, 1.165) is 39.3 Å². The van der Waals surface area contributed by atoms with E-state index in [2.05, 4.69) is 15.5 Å². The summed E-state index contributed by atoms with van der Waals surface area (Å²) in [4.78, 5) is 38.2. The number of nitro groups is 1. The highest BCUT2D eigenvalue weighted by Gasteiger charge is 2.22. The third-order valence-electron chi connectivity index (χ3n) is 5.37. The number of carbonyl (C=O) groups excluding carboxylic acids is 2. The number of ether oxygens (including phenoxy) is 1. The lowest BCUT2D eigenvalue weighted by Gasteiger charge is -2.26. The zero-order chi connectivity index (χ0) is 23.3. The zero-order valence-electron chi connectivity index (χ0n) is 18.7. The van der Waals surface area contributed by atoms with Gasteiger partial charge in [-0.15, -0.1) is 0 Å². The third kappa shape index (κ3) is 5.74. The summed E-state index contributed by atoms with van der Waals surface area (Å²) >= 11 is 0. The molecule has 0 saturated carbocycles. The molecule has 174 valence electrons. The summed E-state index contributed by atoms with van der Waals surface area (Å²) in [5, 5.41) is 16.7. The van der Waals surface area contributed by atoms with Crippen LogP contribution in [0.15, 0.2) is 24.5 Å². The van der Waals surface area contributed by atoms with Crippen molar-refractivity contribution in [3.05, 3.63) is 46.0 Å². The molecule has 1 saturated heterocycles. The first-order chi connectivity index (χ1) is 15.3. The summed E-state index contributed by atoms with van der Waals surface area (Å²) in [5.41, 5.74) is 0.894. The minimum Gasteiger partial charge on any atom is -0.379 e. The van der Waals surface area contributed by atoms with E-state index in [9.17, 15) is 19.7 Å². The van der Waals surface area contributed by atoms with Crippen LogP contribution in [-0.4, -0.2) is 70.2 Å². The van der Waals surface area contributed by atoms with E-state index in [1.807, 2.05) is 13.8 Å². The van der Waals surface area contributed by atoms with Crippen LogP contribution in [0.4, 0.5) is 11.4 Å². The Labute approximate surface area is 186 Å². The summed E-state index contributed by atoms with van der Waals surface area (Å²) in [6, 6.07) is 2.71. The van der Waals surface area contributed by atoms with Crippen LogP contribution in [0.2, 0.25) is 0 Å². The fraction of sp³-hybridized carbons (Fsp3) is 0.524. The normalized spacial score (nSPS) is 14.5. The molecule has 2 aromatic rings. The average molecular weight is 447 g/mol. The van der Waals surface area contributed by atoms with Crippen LogP contribution in [0.5, 0.6) is 0 Å². The number of amides is 2. The van der Waals surface area contributed by atoms with Gasteiger partial charge in [-0.25, -0.2) is 0 Å². The first-order valence-corrected chi connectivity index (χ1v) is 10.7. The first-order valence-electron chi connectivity index (χ1n) is 10.7. The minimum atomic E-state index is -0.528. The number of hydrogen-bond donors (Lipinski definition) is 2. The van der Waals surface area contributed by atoms with Gasteiger partial charge in [-0.05, 0) is 32.9 Å². The van der Waals surface area contributed by atoms with Crippen molar-refractivity contribution in [2.75, 3.05) is 44.7 Å². The minimum absolute atomic E-state index is 0.126. The predicted molar refractivity (Wildman–Crippen MR) is 119 cm³/mol. The number of nitrogens with one attached hydrogen (secondary N) is 2. The molecule has 0 aromatic carbocycles. The molecule has 0 spiro atoms. The second kappa shape index (κ2) is 10.4. The molecule has 11 nitrogen and oxygen atoms in total. The summed E-state index contributed by atoms with van der Waals surface area (Å²) in [6.07, 6.45) is 3.82. The highest BCUT2D eigenvalue weighted by molar-refractivity contribution is 6.04. The standard InChI is InChI=1S/C21H30N6O5/c1-15(2)26-14-17(27(30)31)12-19(26)21(29)23-16-11-18(24(3)13-16)20(28)22-5-4-6-25-7-9-32-10-8-25/h11-15H,4-10H2,1-3H3,(H,22,28)(H,23,29). The molecule has 2 aromatic heterocycles. The SMILES string of the molecule is CC(C)n1cc([N+](=O)[O-])cc1C(=O)Nc1cc(C(=O)NCCCN2CCOCC2)n(C)c1. The summed E-state index contributed by atoms with van der Waals surface area (Å²) in [5.74, 6) is -0.703. The molecule has 3 heterocycles. The van der Waals surface area contributed by atoms with E-state index in [4.69, 9.17) is 4.74 Å². The molecule has 1 aliphatic heterocycles. The smallest absolute Gasteiger partial charge is 0.287 e. The van der Waals surface area contributed by atoms with Crippen LogP contribution in [0.25, 0.3) is 0 Å². The van der Waals surface area contributed by atoms with E-state index >= 15 is 0 Å². The molecule has 0 aliphatic carbocycles. The van der Waals surface area contributed by atoms with E-state index in [1.165, 1.54) is 12.3 Å². The van der Waals surface area contributed by atoms with Crippen molar-refractivity contribution < 1.29 is 19.2 Å². The number of aromatic nitrogens is 2. The van der Waals surface area contributed by atoms with Crippen molar-refractivity contribution in [2.45, 2.75) is 26.3 Å². The van der Waals surface area contributed by atoms with Gasteiger partial charge in [0.15, 0.2) is 0 Å². The summed E-state index contributed by atoms with van der Waals surface area (Å²) < 4.78 is 8.52. The van der Waals surface area contributed by atoms with E-state index < -0.39 is 10.8 Å². The van der Waals surface area contributed by atoms with Gasteiger partial charge in [-0.3, -0.25) is 24.6 Å². The number of aryl methyl sites for hydroxylation is 1. The Bertz CT molecular complexity index is 973. The Morgan fingerprint density at radius 2 is 1.88 bits per heavy atom. The molecule has 0 radical (unpaired) electrons. The van der Waals surface area contributed by atoms with Crippen molar-refractivity contribution in [2.24, 2.45) is 7.05 Å². The number of anilines is 1. The Hall–Kier alpha value is -3.18. The zero-order valence-corrected chi connectivity index (χ0v) is 18.7. The van der Waals surface area contributed by atoms with Crippen molar-refractivity contribution in [1.29, 1.82) is 0 Å². The monoisotopic (exact) mass is 446 g/mol. The third-order valence-corrected chi connectivity index (χ3v) is 5.37. The molecule has 0 unspecified atom stereocenters. The van der Waals surface area contributed by atoms with Gasteiger partial charge < -0.3 is 24.5 Å². The second-order valence-corrected chi connectivity index (χ2v) is 8.08. The van der Waals surface area contributed by atoms with Gasteiger partial charge in [0.25, 0.3) is 17.5 Å². The Kier molecular flexibility index (Phi) is 7.65. The molecule has 1 aliphatic rings. The van der Waals surface area contributed by atoms with Crippen molar-refractivity contribution >= 4 is 23.2 Å². The first kappa shape index (κ1) is 23.5. The lowest BCUT2D eigenvalue weighted by molar-refractivity contribution is -0.384. The highest BCUT2D eigenvalue weighted by atomic mass is 16.6. The lowest BCUT2D eigenvalue weighted by atomic mass is 10.3. The highest BCUT2D eigenvalue weighted by Crippen LogP contribution is 2.22. The molecule has 11 heteroatoms. The summed E-state index contributed by atoms with van der Waals surface area (Å²) in [6.45, 7) is 8.46. The molecule has 0 atom stereocenters. The molecule has 2 N–H and O–H groups in total. The van der Waals surface area contributed by atoms with Crippen LogP contribution >= 0.6 is 0 Å². The van der Waals surface area contributed by atoms with E-state index in [-0.39, 0.29) is 23.3 Å².